The third kappa shape index (κ3) is 5.11. The van der Waals surface area contributed by atoms with Gasteiger partial charge in [0.05, 0.1) is 20.2 Å². The van der Waals surface area contributed by atoms with E-state index >= 15 is 0 Å². The van der Waals surface area contributed by atoms with Gasteiger partial charge in [-0.25, -0.2) is 0 Å². The van der Waals surface area contributed by atoms with Gasteiger partial charge in [0, 0.05) is 19.6 Å². The largest absolute Gasteiger partial charge is 0.468 e. The smallest absolute Gasteiger partial charge is 0.319 e. The van der Waals surface area contributed by atoms with Crippen LogP contribution in [0.3, 0.4) is 0 Å². The van der Waals surface area contributed by atoms with Crippen molar-refractivity contribution in [1.82, 2.24) is 9.80 Å². The molecule has 0 radical (unpaired) electrons. The molecule has 0 bridgehead atoms. The zero-order valence-corrected chi connectivity index (χ0v) is 10.8. The fourth-order valence-electron chi connectivity index (χ4n) is 1.12. The van der Waals surface area contributed by atoms with Crippen LogP contribution in [0.5, 0.6) is 0 Å². The number of hydrogen-bond donors (Lipinski definition) is 0. The quantitative estimate of drug-likeness (QED) is 0.618. The van der Waals surface area contributed by atoms with Gasteiger partial charge in [-0.05, 0) is 20.8 Å². The molecule has 0 atom stereocenters. The van der Waals surface area contributed by atoms with Crippen LogP contribution in [0.25, 0.3) is 0 Å². The van der Waals surface area contributed by atoms with Gasteiger partial charge in [-0.1, -0.05) is 0 Å². The lowest BCUT2D eigenvalue weighted by Crippen LogP contribution is -2.44. The van der Waals surface area contributed by atoms with E-state index in [1.807, 2.05) is 20.8 Å². The van der Waals surface area contributed by atoms with Crippen LogP contribution in [0.2, 0.25) is 0 Å². The van der Waals surface area contributed by atoms with Crippen LogP contribution < -0.4 is 0 Å². The number of amides is 1. The van der Waals surface area contributed by atoms with Gasteiger partial charge in [0.1, 0.15) is 0 Å². The normalized spacial score (nSPS) is 10.7. The maximum atomic E-state index is 11.7. The summed E-state index contributed by atoms with van der Waals surface area (Å²) in [5.41, 5.74) is 0. The van der Waals surface area contributed by atoms with E-state index in [0.29, 0.717) is 6.54 Å². The first-order chi connectivity index (χ1) is 7.42. The Balaban J connectivity index is 4.34. The summed E-state index contributed by atoms with van der Waals surface area (Å²) in [6.07, 6.45) is 0. The van der Waals surface area contributed by atoms with Crippen molar-refractivity contribution in [2.24, 2.45) is 0 Å². The van der Waals surface area contributed by atoms with Gasteiger partial charge in [-0.2, -0.15) is 0 Å². The number of ether oxygens (including phenoxy) is 1. The highest BCUT2D eigenvalue weighted by atomic mass is 16.5. The topological polar surface area (TPSA) is 49.9 Å². The molecule has 0 N–H and O–H groups in total. The second-order valence-corrected chi connectivity index (χ2v) is 3.98. The molecule has 0 aliphatic rings. The molecule has 0 aromatic carbocycles. The third-order valence-electron chi connectivity index (χ3n) is 2.53. The van der Waals surface area contributed by atoms with Crippen LogP contribution in [0.1, 0.15) is 20.8 Å². The Kier molecular flexibility index (Phi) is 6.72. The molecule has 0 heterocycles. The predicted molar refractivity (Wildman–Crippen MR) is 62.0 cm³/mol. The fraction of sp³-hybridized carbons (Fsp3) is 0.818. The van der Waals surface area contributed by atoms with E-state index in [1.165, 1.54) is 7.11 Å². The zero-order valence-electron chi connectivity index (χ0n) is 10.8. The molecule has 0 aliphatic carbocycles. The Hall–Kier alpha value is -1.10. The Bertz CT molecular complexity index is 241. The van der Waals surface area contributed by atoms with Crippen LogP contribution in [0.4, 0.5) is 0 Å². The predicted octanol–water partition coefficient (Wildman–Crippen LogP) is 0.348. The lowest BCUT2D eigenvalue weighted by atomic mass is 10.3. The monoisotopic (exact) mass is 230 g/mol. The van der Waals surface area contributed by atoms with E-state index in [1.54, 1.807) is 16.8 Å². The lowest BCUT2D eigenvalue weighted by molar-refractivity contribution is -0.143. The summed E-state index contributed by atoms with van der Waals surface area (Å²) in [5, 5.41) is 0. The molecule has 0 saturated heterocycles. The molecule has 0 rings (SSSR count). The fourth-order valence-corrected chi connectivity index (χ4v) is 1.12. The standard InChI is InChI=1S/C11H22N2O3/c1-6-12(4)10(14)7-13(9(2)3)8-11(15)16-5/h9H,6-8H2,1-5H3. The van der Waals surface area contributed by atoms with Crippen molar-refractivity contribution in [1.29, 1.82) is 0 Å². The van der Waals surface area contributed by atoms with Crippen LogP contribution in [0.15, 0.2) is 0 Å². The van der Waals surface area contributed by atoms with E-state index in [4.69, 9.17) is 0 Å². The number of nitrogens with zero attached hydrogens (tertiary/aromatic N) is 2. The molecule has 0 aromatic heterocycles. The number of rotatable bonds is 6. The van der Waals surface area contributed by atoms with Gasteiger partial charge in [-0.15, -0.1) is 0 Å². The third-order valence-corrected chi connectivity index (χ3v) is 2.53. The van der Waals surface area contributed by atoms with E-state index < -0.39 is 0 Å². The molecule has 0 aliphatic heterocycles. The Morgan fingerprint density at radius 1 is 1.25 bits per heavy atom. The molecule has 0 saturated carbocycles. The number of esters is 1. The summed E-state index contributed by atoms with van der Waals surface area (Å²) in [6, 6.07) is 0.133. The second-order valence-electron chi connectivity index (χ2n) is 3.98. The summed E-state index contributed by atoms with van der Waals surface area (Å²) < 4.78 is 4.59. The van der Waals surface area contributed by atoms with Crippen molar-refractivity contribution in [3.05, 3.63) is 0 Å². The van der Waals surface area contributed by atoms with Gasteiger partial charge >= 0.3 is 5.97 Å². The van der Waals surface area contributed by atoms with Crippen molar-refractivity contribution >= 4 is 11.9 Å². The average Bonchev–Trinajstić information content (AvgIpc) is 2.26. The minimum atomic E-state index is -0.319. The second kappa shape index (κ2) is 7.22. The molecule has 94 valence electrons. The summed E-state index contributed by atoms with van der Waals surface area (Å²) in [5.74, 6) is -0.305. The highest BCUT2D eigenvalue weighted by Crippen LogP contribution is 2.00. The molecule has 1 amide bonds. The van der Waals surface area contributed by atoms with Crippen LogP contribution in [-0.4, -0.2) is 61.5 Å². The van der Waals surface area contributed by atoms with Crippen molar-refractivity contribution in [2.75, 3.05) is 33.8 Å². The van der Waals surface area contributed by atoms with Crippen LogP contribution in [-0.2, 0) is 14.3 Å². The molecule has 5 nitrogen and oxygen atoms in total. The highest BCUT2D eigenvalue weighted by Gasteiger charge is 2.19. The molecule has 0 aromatic rings. The van der Waals surface area contributed by atoms with Gasteiger partial charge in [0.15, 0.2) is 0 Å². The molecular weight excluding hydrogens is 208 g/mol. The number of likely N-dealkylation sites (N-methyl/N-ethyl adjacent to an activating group) is 1. The van der Waals surface area contributed by atoms with E-state index in [0.717, 1.165) is 0 Å². The Morgan fingerprint density at radius 3 is 2.19 bits per heavy atom. The maximum Gasteiger partial charge on any atom is 0.319 e. The first-order valence-electron chi connectivity index (χ1n) is 5.47. The zero-order chi connectivity index (χ0) is 12.7. The molecule has 16 heavy (non-hydrogen) atoms. The van der Waals surface area contributed by atoms with Crippen molar-refractivity contribution < 1.29 is 14.3 Å². The van der Waals surface area contributed by atoms with E-state index in [-0.39, 0.29) is 31.0 Å². The SMILES string of the molecule is CCN(C)C(=O)CN(CC(=O)OC)C(C)C. The first-order valence-corrected chi connectivity index (χ1v) is 5.47. The van der Waals surface area contributed by atoms with Crippen LogP contribution >= 0.6 is 0 Å². The minimum Gasteiger partial charge on any atom is -0.468 e. The molecule has 0 unspecified atom stereocenters. The van der Waals surface area contributed by atoms with Gasteiger partial charge in [0.2, 0.25) is 5.91 Å². The Labute approximate surface area is 97.3 Å². The lowest BCUT2D eigenvalue weighted by Gasteiger charge is -2.26. The number of methoxy groups -OCH3 is 1. The highest BCUT2D eigenvalue weighted by molar-refractivity contribution is 5.79. The summed E-state index contributed by atoms with van der Waals surface area (Å²) in [7, 11) is 3.10. The van der Waals surface area contributed by atoms with Crippen LogP contribution in [0, 0.1) is 0 Å². The molecule has 0 fully saturated rings. The number of hydrogen-bond acceptors (Lipinski definition) is 4. The Morgan fingerprint density at radius 2 is 1.81 bits per heavy atom. The minimum absolute atomic E-state index is 0.0140. The van der Waals surface area contributed by atoms with Crippen molar-refractivity contribution in [3.63, 3.8) is 0 Å². The van der Waals surface area contributed by atoms with Gasteiger partial charge < -0.3 is 9.64 Å². The molecular formula is C11H22N2O3. The van der Waals surface area contributed by atoms with E-state index in [9.17, 15) is 9.59 Å². The van der Waals surface area contributed by atoms with Crippen molar-refractivity contribution in [2.45, 2.75) is 26.8 Å². The average molecular weight is 230 g/mol. The summed E-state index contributed by atoms with van der Waals surface area (Å²) in [6.45, 7) is 6.87. The molecule has 5 heteroatoms. The van der Waals surface area contributed by atoms with E-state index in [2.05, 4.69) is 4.74 Å². The van der Waals surface area contributed by atoms with Gasteiger partial charge in [-0.3, -0.25) is 14.5 Å². The molecule has 0 spiro atoms. The summed E-state index contributed by atoms with van der Waals surface area (Å²) >= 11 is 0. The maximum absolute atomic E-state index is 11.7. The number of carbonyl (C=O) groups is 2. The first kappa shape index (κ1) is 14.9. The van der Waals surface area contributed by atoms with Crippen molar-refractivity contribution in [3.8, 4) is 0 Å². The number of carbonyl (C=O) groups excluding carboxylic acids is 2. The summed E-state index contributed by atoms with van der Waals surface area (Å²) in [4.78, 5) is 26.3. The van der Waals surface area contributed by atoms with Gasteiger partial charge in [0.25, 0.3) is 0 Å².